The number of esters is 1. The molecular formula is C13H22O3. The summed E-state index contributed by atoms with van der Waals surface area (Å²) in [4.78, 5) is 23.1. The third-order valence-electron chi connectivity index (χ3n) is 3.27. The summed E-state index contributed by atoms with van der Waals surface area (Å²) in [6, 6.07) is 0. The Morgan fingerprint density at radius 1 is 1.38 bits per heavy atom. The van der Waals surface area contributed by atoms with Crippen LogP contribution in [0, 0.1) is 0 Å². The Morgan fingerprint density at radius 2 is 2.12 bits per heavy atom. The van der Waals surface area contributed by atoms with E-state index in [0.29, 0.717) is 12.8 Å². The fraction of sp³-hybridized carbons (Fsp3) is 0.846. The van der Waals surface area contributed by atoms with Gasteiger partial charge in [-0.3, -0.25) is 9.59 Å². The molecule has 16 heavy (non-hydrogen) atoms. The first-order valence-electron chi connectivity index (χ1n) is 6.33. The van der Waals surface area contributed by atoms with Crippen LogP contribution in [-0.2, 0) is 14.3 Å². The van der Waals surface area contributed by atoms with Gasteiger partial charge in [0.15, 0.2) is 11.4 Å². The summed E-state index contributed by atoms with van der Waals surface area (Å²) in [5, 5.41) is 0. The Balaban J connectivity index is 2.65. The SMILES string of the molecule is CCCCCC1(OC(C)=O)CCCCC1=O. The first kappa shape index (κ1) is 13.2. The van der Waals surface area contributed by atoms with Crippen molar-refractivity contribution in [2.45, 2.75) is 70.8 Å². The van der Waals surface area contributed by atoms with Gasteiger partial charge >= 0.3 is 5.97 Å². The maximum Gasteiger partial charge on any atom is 0.303 e. The fourth-order valence-corrected chi connectivity index (χ4v) is 2.42. The Kier molecular flexibility index (Phi) is 4.97. The standard InChI is InChI=1S/C13H22O3/c1-3-4-6-9-13(16-11(2)14)10-7-5-8-12(13)15/h3-10H2,1-2H3. The van der Waals surface area contributed by atoms with Crippen molar-refractivity contribution in [2.24, 2.45) is 0 Å². The molecule has 1 rings (SSSR count). The van der Waals surface area contributed by atoms with Crippen LogP contribution < -0.4 is 0 Å². The van der Waals surface area contributed by atoms with Crippen LogP contribution in [0.25, 0.3) is 0 Å². The number of Topliss-reactive ketones (excluding diaryl/α,β-unsaturated/α-hetero) is 1. The van der Waals surface area contributed by atoms with Crippen molar-refractivity contribution in [3.63, 3.8) is 0 Å². The molecule has 3 heteroatoms. The molecule has 1 saturated carbocycles. The van der Waals surface area contributed by atoms with Crippen LogP contribution in [0.1, 0.15) is 65.2 Å². The van der Waals surface area contributed by atoms with E-state index in [1.807, 2.05) is 0 Å². The van der Waals surface area contributed by atoms with E-state index >= 15 is 0 Å². The Hall–Kier alpha value is -0.860. The number of carbonyl (C=O) groups is 2. The lowest BCUT2D eigenvalue weighted by molar-refractivity contribution is -0.169. The largest absolute Gasteiger partial charge is 0.451 e. The first-order valence-corrected chi connectivity index (χ1v) is 6.33. The van der Waals surface area contributed by atoms with Crippen molar-refractivity contribution in [1.29, 1.82) is 0 Å². The molecule has 3 nitrogen and oxygen atoms in total. The third kappa shape index (κ3) is 3.32. The predicted molar refractivity (Wildman–Crippen MR) is 62.1 cm³/mol. The van der Waals surface area contributed by atoms with Gasteiger partial charge in [0.1, 0.15) is 0 Å². The van der Waals surface area contributed by atoms with Crippen molar-refractivity contribution in [3.05, 3.63) is 0 Å². The van der Waals surface area contributed by atoms with E-state index < -0.39 is 5.60 Å². The number of ketones is 1. The van der Waals surface area contributed by atoms with E-state index in [9.17, 15) is 9.59 Å². The molecule has 0 aliphatic heterocycles. The van der Waals surface area contributed by atoms with Gasteiger partial charge in [-0.05, 0) is 32.1 Å². The molecule has 0 spiro atoms. The first-order chi connectivity index (χ1) is 7.60. The van der Waals surface area contributed by atoms with Gasteiger partial charge in [-0.25, -0.2) is 0 Å². The highest BCUT2D eigenvalue weighted by Gasteiger charge is 2.42. The Morgan fingerprint density at radius 3 is 2.69 bits per heavy atom. The molecule has 0 radical (unpaired) electrons. The number of rotatable bonds is 5. The van der Waals surface area contributed by atoms with Gasteiger partial charge in [-0.1, -0.05) is 19.8 Å². The minimum Gasteiger partial charge on any atom is -0.451 e. The second-order valence-electron chi connectivity index (χ2n) is 4.68. The highest BCUT2D eigenvalue weighted by Crippen LogP contribution is 2.33. The van der Waals surface area contributed by atoms with Crippen molar-refractivity contribution < 1.29 is 14.3 Å². The molecule has 1 aliphatic carbocycles. The maximum absolute atomic E-state index is 12.0. The van der Waals surface area contributed by atoms with Crippen LogP contribution in [-0.4, -0.2) is 17.4 Å². The normalized spacial score (nSPS) is 25.5. The highest BCUT2D eigenvalue weighted by molar-refractivity contribution is 5.90. The van der Waals surface area contributed by atoms with Crippen LogP contribution in [0.3, 0.4) is 0 Å². The topological polar surface area (TPSA) is 43.4 Å². The van der Waals surface area contributed by atoms with Crippen LogP contribution in [0.15, 0.2) is 0 Å². The lowest BCUT2D eigenvalue weighted by Gasteiger charge is -2.35. The van der Waals surface area contributed by atoms with Crippen molar-refractivity contribution >= 4 is 11.8 Å². The lowest BCUT2D eigenvalue weighted by Crippen LogP contribution is -2.45. The Labute approximate surface area is 97.5 Å². The molecule has 0 saturated heterocycles. The minimum absolute atomic E-state index is 0.130. The monoisotopic (exact) mass is 226 g/mol. The zero-order valence-electron chi connectivity index (χ0n) is 10.4. The van der Waals surface area contributed by atoms with Gasteiger partial charge < -0.3 is 4.74 Å². The predicted octanol–water partition coefficient (Wildman–Crippen LogP) is 3.01. The van der Waals surface area contributed by atoms with Gasteiger partial charge in [0.05, 0.1) is 0 Å². The average Bonchev–Trinajstić information content (AvgIpc) is 2.22. The van der Waals surface area contributed by atoms with Gasteiger partial charge in [0, 0.05) is 13.3 Å². The van der Waals surface area contributed by atoms with Crippen LogP contribution in [0.4, 0.5) is 0 Å². The number of carbonyl (C=O) groups excluding carboxylic acids is 2. The van der Waals surface area contributed by atoms with E-state index in [1.54, 1.807) is 0 Å². The summed E-state index contributed by atoms with van der Waals surface area (Å²) in [6.07, 6.45) is 7.10. The second kappa shape index (κ2) is 6.02. The summed E-state index contributed by atoms with van der Waals surface area (Å²) >= 11 is 0. The zero-order valence-corrected chi connectivity index (χ0v) is 10.4. The maximum atomic E-state index is 12.0. The van der Waals surface area contributed by atoms with Crippen molar-refractivity contribution in [1.82, 2.24) is 0 Å². The zero-order chi connectivity index (χ0) is 12.0. The molecule has 0 aromatic heterocycles. The third-order valence-corrected chi connectivity index (χ3v) is 3.27. The molecule has 0 heterocycles. The minimum atomic E-state index is -0.779. The molecule has 1 atom stereocenters. The van der Waals surface area contributed by atoms with Gasteiger partial charge in [-0.2, -0.15) is 0 Å². The van der Waals surface area contributed by atoms with Crippen LogP contribution >= 0.6 is 0 Å². The van der Waals surface area contributed by atoms with Gasteiger partial charge in [-0.15, -0.1) is 0 Å². The summed E-state index contributed by atoms with van der Waals surface area (Å²) in [7, 11) is 0. The van der Waals surface area contributed by atoms with Gasteiger partial charge in [0.2, 0.25) is 0 Å². The summed E-state index contributed by atoms with van der Waals surface area (Å²) in [6.45, 7) is 3.52. The number of hydrogen-bond donors (Lipinski definition) is 0. The van der Waals surface area contributed by atoms with E-state index in [1.165, 1.54) is 6.92 Å². The lowest BCUT2D eigenvalue weighted by atomic mass is 9.80. The summed E-state index contributed by atoms with van der Waals surface area (Å²) in [5.74, 6) is -0.197. The molecule has 1 fully saturated rings. The van der Waals surface area contributed by atoms with Gasteiger partial charge in [0.25, 0.3) is 0 Å². The summed E-state index contributed by atoms with van der Waals surface area (Å²) in [5.41, 5.74) is -0.779. The highest BCUT2D eigenvalue weighted by atomic mass is 16.6. The van der Waals surface area contributed by atoms with E-state index in [4.69, 9.17) is 4.74 Å². The molecule has 1 aliphatic rings. The molecule has 0 N–H and O–H groups in total. The van der Waals surface area contributed by atoms with E-state index in [0.717, 1.165) is 38.5 Å². The number of unbranched alkanes of at least 4 members (excludes halogenated alkanes) is 2. The molecular weight excluding hydrogens is 204 g/mol. The smallest absolute Gasteiger partial charge is 0.303 e. The molecule has 92 valence electrons. The Bertz CT molecular complexity index is 260. The van der Waals surface area contributed by atoms with Crippen molar-refractivity contribution in [3.8, 4) is 0 Å². The van der Waals surface area contributed by atoms with Crippen molar-refractivity contribution in [2.75, 3.05) is 0 Å². The molecule has 0 amide bonds. The quantitative estimate of drug-likeness (QED) is 0.534. The number of hydrogen-bond acceptors (Lipinski definition) is 3. The molecule has 1 unspecified atom stereocenters. The van der Waals surface area contributed by atoms with E-state index in [-0.39, 0.29) is 11.8 Å². The molecule has 0 aromatic rings. The molecule has 0 bridgehead atoms. The average molecular weight is 226 g/mol. The second-order valence-corrected chi connectivity index (χ2v) is 4.68. The summed E-state index contributed by atoms with van der Waals surface area (Å²) < 4.78 is 5.35. The van der Waals surface area contributed by atoms with E-state index in [2.05, 4.69) is 6.92 Å². The fourth-order valence-electron chi connectivity index (χ4n) is 2.42. The van der Waals surface area contributed by atoms with Crippen LogP contribution in [0.5, 0.6) is 0 Å². The molecule has 0 aromatic carbocycles. The van der Waals surface area contributed by atoms with Crippen LogP contribution in [0.2, 0.25) is 0 Å². The number of ether oxygens (including phenoxy) is 1.